The van der Waals surface area contributed by atoms with E-state index in [-0.39, 0.29) is 0 Å². The highest BCUT2D eigenvalue weighted by Crippen LogP contribution is 2.29. The number of para-hydroxylation sites is 2. The van der Waals surface area contributed by atoms with Crippen molar-refractivity contribution in [1.82, 2.24) is 9.88 Å². The number of pyridine rings is 1. The van der Waals surface area contributed by atoms with Gasteiger partial charge in [-0.25, -0.2) is 0 Å². The highest BCUT2D eigenvalue weighted by molar-refractivity contribution is 5.86. The molecule has 2 heterocycles. The summed E-state index contributed by atoms with van der Waals surface area (Å²) >= 11 is 0. The average Bonchev–Trinajstić information content (AvgIpc) is 2.79. The zero-order chi connectivity index (χ0) is 20.8. The Balaban J connectivity index is 0.00000117. The molecule has 0 bridgehead atoms. The van der Waals surface area contributed by atoms with Crippen molar-refractivity contribution in [2.24, 2.45) is 0 Å². The van der Waals surface area contributed by atoms with Crippen molar-refractivity contribution in [3.8, 4) is 5.75 Å². The summed E-state index contributed by atoms with van der Waals surface area (Å²) in [4.78, 5) is 9.60. The van der Waals surface area contributed by atoms with Gasteiger partial charge in [0, 0.05) is 44.3 Å². The monoisotopic (exact) mass is 391 g/mol. The number of fused-ring (bicyclic) bond motifs is 1. The molecule has 1 aromatic heterocycles. The van der Waals surface area contributed by atoms with Crippen LogP contribution in [0.2, 0.25) is 0 Å². The molecule has 0 unspecified atom stereocenters. The fourth-order valence-corrected chi connectivity index (χ4v) is 4.01. The predicted octanol–water partition coefficient (Wildman–Crippen LogP) is 5.21. The summed E-state index contributed by atoms with van der Waals surface area (Å²) in [7, 11) is 1.74. The van der Waals surface area contributed by atoms with Crippen LogP contribution in [0.5, 0.6) is 5.75 Å². The van der Waals surface area contributed by atoms with Crippen LogP contribution < -0.4 is 9.64 Å². The van der Waals surface area contributed by atoms with E-state index in [0.717, 1.165) is 44.0 Å². The molecule has 0 atom stereocenters. The zero-order valence-electron chi connectivity index (χ0n) is 18.4. The van der Waals surface area contributed by atoms with E-state index >= 15 is 0 Å². The number of hydrogen-bond donors (Lipinski definition) is 0. The SMILES string of the molecule is CC.COc1ccccc1N1CCN(Cc2cc(C)c(C)c3ncccc23)CC1. The van der Waals surface area contributed by atoms with Crippen molar-refractivity contribution in [1.29, 1.82) is 0 Å². The van der Waals surface area contributed by atoms with Crippen LogP contribution in [0.3, 0.4) is 0 Å². The Labute approximate surface area is 175 Å². The number of hydrogen-bond acceptors (Lipinski definition) is 4. The first kappa shape index (κ1) is 21.1. The van der Waals surface area contributed by atoms with Gasteiger partial charge >= 0.3 is 0 Å². The Kier molecular flexibility index (Phi) is 7.10. The van der Waals surface area contributed by atoms with Gasteiger partial charge in [0.05, 0.1) is 18.3 Å². The second kappa shape index (κ2) is 9.75. The Hall–Kier alpha value is -2.59. The molecule has 0 radical (unpaired) electrons. The minimum atomic E-state index is 0.956. The second-order valence-corrected chi connectivity index (χ2v) is 7.31. The molecule has 4 nitrogen and oxygen atoms in total. The van der Waals surface area contributed by atoms with E-state index in [2.05, 4.69) is 52.9 Å². The fraction of sp³-hybridized carbons (Fsp3) is 0.400. The maximum Gasteiger partial charge on any atom is 0.142 e. The number of piperazine rings is 1. The maximum atomic E-state index is 5.53. The summed E-state index contributed by atoms with van der Waals surface area (Å²) < 4.78 is 5.53. The van der Waals surface area contributed by atoms with E-state index < -0.39 is 0 Å². The van der Waals surface area contributed by atoms with Gasteiger partial charge < -0.3 is 9.64 Å². The highest BCUT2D eigenvalue weighted by Gasteiger charge is 2.20. The molecule has 0 amide bonds. The molecule has 3 aromatic rings. The van der Waals surface area contributed by atoms with Crippen LogP contribution in [0.4, 0.5) is 5.69 Å². The van der Waals surface area contributed by atoms with Gasteiger partial charge in [-0.2, -0.15) is 0 Å². The molecule has 0 N–H and O–H groups in total. The fourth-order valence-electron chi connectivity index (χ4n) is 4.01. The maximum absolute atomic E-state index is 5.53. The molecule has 1 saturated heterocycles. The van der Waals surface area contributed by atoms with E-state index in [4.69, 9.17) is 4.74 Å². The van der Waals surface area contributed by atoms with Gasteiger partial charge in [0.1, 0.15) is 5.75 Å². The standard InChI is InChI=1S/C23H27N3O.C2H6/c1-17-15-19(20-7-6-10-24-23(20)18(17)2)16-25-11-13-26(14-12-25)21-8-4-5-9-22(21)27-3;1-2/h4-10,15H,11-14,16H2,1-3H3;1-2H3. The van der Waals surface area contributed by atoms with Crippen LogP contribution in [0.1, 0.15) is 30.5 Å². The molecule has 1 aliphatic rings. The summed E-state index contributed by atoms with van der Waals surface area (Å²) in [6.07, 6.45) is 1.89. The van der Waals surface area contributed by atoms with Gasteiger partial charge in [0.2, 0.25) is 0 Å². The highest BCUT2D eigenvalue weighted by atomic mass is 16.5. The average molecular weight is 392 g/mol. The summed E-state index contributed by atoms with van der Waals surface area (Å²) in [5.74, 6) is 0.956. The largest absolute Gasteiger partial charge is 0.495 e. The van der Waals surface area contributed by atoms with E-state index in [1.807, 2.05) is 38.2 Å². The Morgan fingerprint density at radius 2 is 1.69 bits per heavy atom. The first-order valence-corrected chi connectivity index (χ1v) is 10.6. The number of anilines is 1. The summed E-state index contributed by atoms with van der Waals surface area (Å²) in [5.41, 5.74) is 6.33. The van der Waals surface area contributed by atoms with Crippen LogP contribution in [-0.2, 0) is 6.54 Å². The van der Waals surface area contributed by atoms with Crippen molar-refractivity contribution in [2.75, 3.05) is 38.2 Å². The van der Waals surface area contributed by atoms with Crippen LogP contribution >= 0.6 is 0 Å². The van der Waals surface area contributed by atoms with Crippen LogP contribution in [0.25, 0.3) is 10.9 Å². The van der Waals surface area contributed by atoms with Crippen molar-refractivity contribution < 1.29 is 4.74 Å². The Morgan fingerprint density at radius 1 is 0.966 bits per heavy atom. The van der Waals surface area contributed by atoms with Gasteiger partial charge in [-0.05, 0) is 48.7 Å². The second-order valence-electron chi connectivity index (χ2n) is 7.31. The molecule has 0 saturated carbocycles. The van der Waals surface area contributed by atoms with Crippen LogP contribution in [0, 0.1) is 13.8 Å². The van der Waals surface area contributed by atoms with Gasteiger partial charge in [0.15, 0.2) is 0 Å². The quantitative estimate of drug-likeness (QED) is 0.610. The first-order chi connectivity index (χ1) is 14.2. The van der Waals surface area contributed by atoms with E-state index in [0.29, 0.717) is 0 Å². The summed E-state index contributed by atoms with van der Waals surface area (Å²) in [6.45, 7) is 13.5. The van der Waals surface area contributed by atoms with Crippen LogP contribution in [-0.4, -0.2) is 43.2 Å². The number of nitrogens with zero attached hydrogens (tertiary/aromatic N) is 3. The Morgan fingerprint density at radius 3 is 2.41 bits per heavy atom. The molecule has 4 rings (SSSR count). The minimum Gasteiger partial charge on any atom is -0.495 e. The molecule has 1 fully saturated rings. The first-order valence-electron chi connectivity index (χ1n) is 10.6. The van der Waals surface area contributed by atoms with Crippen molar-refractivity contribution in [3.63, 3.8) is 0 Å². The lowest BCUT2D eigenvalue weighted by atomic mass is 9.99. The number of aromatic nitrogens is 1. The molecular weight excluding hydrogens is 358 g/mol. The molecule has 29 heavy (non-hydrogen) atoms. The molecular formula is C25H33N3O. The van der Waals surface area contributed by atoms with Crippen molar-refractivity contribution >= 4 is 16.6 Å². The third kappa shape index (κ3) is 4.54. The lowest BCUT2D eigenvalue weighted by Gasteiger charge is -2.36. The predicted molar refractivity (Wildman–Crippen MR) is 123 cm³/mol. The van der Waals surface area contributed by atoms with E-state index in [9.17, 15) is 0 Å². The number of rotatable bonds is 4. The zero-order valence-corrected chi connectivity index (χ0v) is 18.4. The molecule has 0 spiro atoms. The van der Waals surface area contributed by atoms with Crippen molar-refractivity contribution in [3.05, 3.63) is 65.4 Å². The van der Waals surface area contributed by atoms with E-state index in [1.54, 1.807) is 7.11 Å². The molecule has 0 aliphatic carbocycles. The minimum absolute atomic E-state index is 0.956. The molecule has 4 heteroatoms. The number of methoxy groups -OCH3 is 1. The lowest BCUT2D eigenvalue weighted by Crippen LogP contribution is -2.46. The smallest absolute Gasteiger partial charge is 0.142 e. The normalized spacial score (nSPS) is 14.4. The Bertz CT molecular complexity index is 946. The van der Waals surface area contributed by atoms with Gasteiger partial charge in [0.25, 0.3) is 0 Å². The third-order valence-electron chi connectivity index (χ3n) is 5.68. The summed E-state index contributed by atoms with van der Waals surface area (Å²) in [5, 5.41) is 1.28. The third-order valence-corrected chi connectivity index (χ3v) is 5.68. The molecule has 154 valence electrons. The topological polar surface area (TPSA) is 28.6 Å². The molecule has 2 aromatic carbocycles. The number of benzene rings is 2. The lowest BCUT2D eigenvalue weighted by molar-refractivity contribution is 0.250. The van der Waals surface area contributed by atoms with Gasteiger partial charge in [-0.3, -0.25) is 9.88 Å². The van der Waals surface area contributed by atoms with E-state index in [1.165, 1.54) is 27.8 Å². The number of ether oxygens (including phenoxy) is 1. The number of aryl methyl sites for hydroxylation is 2. The summed E-state index contributed by atoms with van der Waals surface area (Å²) in [6, 6.07) is 14.9. The van der Waals surface area contributed by atoms with Gasteiger partial charge in [-0.1, -0.05) is 38.1 Å². The van der Waals surface area contributed by atoms with Crippen LogP contribution in [0.15, 0.2) is 48.7 Å². The van der Waals surface area contributed by atoms with Crippen molar-refractivity contribution in [2.45, 2.75) is 34.2 Å². The van der Waals surface area contributed by atoms with Gasteiger partial charge in [-0.15, -0.1) is 0 Å². The molecule has 1 aliphatic heterocycles.